The van der Waals surface area contributed by atoms with Crippen molar-refractivity contribution in [3.05, 3.63) is 46.3 Å². The summed E-state index contributed by atoms with van der Waals surface area (Å²) in [6, 6.07) is 5.17. The van der Waals surface area contributed by atoms with Crippen molar-refractivity contribution in [3.63, 3.8) is 0 Å². The zero-order valence-corrected chi connectivity index (χ0v) is 18.7. The van der Waals surface area contributed by atoms with Crippen molar-refractivity contribution in [2.75, 3.05) is 25.2 Å². The minimum absolute atomic E-state index is 0.109. The van der Waals surface area contributed by atoms with Crippen molar-refractivity contribution < 1.29 is 8.95 Å². The lowest BCUT2D eigenvalue weighted by Crippen LogP contribution is -2.15. The predicted molar refractivity (Wildman–Crippen MR) is 119 cm³/mol. The summed E-state index contributed by atoms with van der Waals surface area (Å²) in [6.45, 7) is 2.55. The number of unbranched alkanes of at least 4 members (excludes halogenated alkanes) is 1. The molecule has 0 radical (unpaired) electrons. The van der Waals surface area contributed by atoms with E-state index in [0.717, 1.165) is 30.3 Å². The van der Waals surface area contributed by atoms with E-state index in [9.17, 15) is 4.21 Å². The van der Waals surface area contributed by atoms with E-state index in [4.69, 9.17) is 33.7 Å². The number of aryl methyl sites for hydroxylation is 1. The average Bonchev–Trinajstić information content (AvgIpc) is 3.13. The third-order valence-corrected chi connectivity index (χ3v) is 6.98. The van der Waals surface area contributed by atoms with Gasteiger partial charge in [-0.25, -0.2) is 9.97 Å². The van der Waals surface area contributed by atoms with Crippen molar-refractivity contribution in [1.82, 2.24) is 14.5 Å². The Labute approximate surface area is 182 Å². The van der Waals surface area contributed by atoms with Crippen LogP contribution in [0.25, 0.3) is 11.0 Å². The highest BCUT2D eigenvalue weighted by Crippen LogP contribution is 2.28. The summed E-state index contributed by atoms with van der Waals surface area (Å²) in [5.74, 6) is 0.970. The summed E-state index contributed by atoms with van der Waals surface area (Å²) in [6.07, 6.45) is 6.13. The molecule has 3 rings (SSSR count). The number of nitrogen functional groups attached to an aromatic ring is 1. The van der Waals surface area contributed by atoms with Crippen molar-refractivity contribution in [1.29, 1.82) is 0 Å². The molecule has 6 nitrogen and oxygen atoms in total. The number of benzene rings is 1. The van der Waals surface area contributed by atoms with E-state index < -0.39 is 10.8 Å². The molecule has 2 N–H and O–H groups in total. The van der Waals surface area contributed by atoms with Gasteiger partial charge in [0.2, 0.25) is 0 Å². The number of pyridine rings is 1. The van der Waals surface area contributed by atoms with Gasteiger partial charge in [-0.15, -0.1) is 0 Å². The molecule has 0 fully saturated rings. The van der Waals surface area contributed by atoms with Crippen molar-refractivity contribution in [3.8, 4) is 0 Å². The van der Waals surface area contributed by atoms with Crippen LogP contribution in [-0.4, -0.2) is 38.2 Å². The summed E-state index contributed by atoms with van der Waals surface area (Å²) in [5.41, 5.74) is 8.69. The van der Waals surface area contributed by atoms with Crippen molar-refractivity contribution in [2.24, 2.45) is 0 Å². The maximum absolute atomic E-state index is 12.6. The Kier molecular flexibility index (Phi) is 7.51. The Morgan fingerprint density at radius 2 is 2.07 bits per heavy atom. The maximum atomic E-state index is 12.6. The minimum Gasteiger partial charge on any atom is -0.383 e. The molecule has 0 bridgehead atoms. The van der Waals surface area contributed by atoms with E-state index in [2.05, 4.69) is 14.5 Å². The number of ether oxygens (including phenoxy) is 1. The number of methoxy groups -OCH3 is 1. The first-order chi connectivity index (χ1) is 13.9. The van der Waals surface area contributed by atoms with Crippen LogP contribution in [0, 0.1) is 6.92 Å². The number of anilines is 1. The fourth-order valence-electron chi connectivity index (χ4n) is 3.38. The number of imidazole rings is 1. The SMILES string of the molecule is COCC(CCCCS(=O)c1ccc(Cl)cc1Cl)n1cnc2c(N)ncc(C)c21. The second-order valence-corrected chi connectivity index (χ2v) is 9.29. The molecule has 3 aromatic rings. The molecule has 29 heavy (non-hydrogen) atoms. The molecule has 2 atom stereocenters. The highest BCUT2D eigenvalue weighted by molar-refractivity contribution is 7.85. The first kappa shape index (κ1) is 22.0. The Hall–Kier alpha value is -1.67. The number of nitrogens with two attached hydrogens (primary N) is 1. The Balaban J connectivity index is 1.65. The van der Waals surface area contributed by atoms with Crippen LogP contribution in [-0.2, 0) is 15.5 Å². The van der Waals surface area contributed by atoms with Crippen molar-refractivity contribution >= 4 is 50.9 Å². The summed E-state index contributed by atoms with van der Waals surface area (Å²) < 4.78 is 20.1. The Bertz CT molecular complexity index is 1030. The normalized spacial score (nSPS) is 13.7. The van der Waals surface area contributed by atoms with Crippen LogP contribution in [0.4, 0.5) is 5.82 Å². The standard InChI is InChI=1S/C20H24Cl2N4O2S/c1-13-10-24-20(23)18-19(13)26(12-25-18)15(11-28-2)5-3-4-8-29(27)17-7-6-14(21)9-16(17)22/h6-7,9-10,12,15H,3-5,8,11H2,1-2H3,(H2,23,24). The number of rotatable bonds is 9. The lowest BCUT2D eigenvalue weighted by molar-refractivity contribution is 0.151. The van der Waals surface area contributed by atoms with E-state index >= 15 is 0 Å². The molecule has 9 heteroatoms. The molecule has 1 aromatic carbocycles. The third kappa shape index (κ3) is 5.09. The number of hydrogen-bond acceptors (Lipinski definition) is 5. The molecule has 0 aliphatic carbocycles. The van der Waals surface area contributed by atoms with E-state index in [-0.39, 0.29) is 6.04 Å². The molecule has 0 saturated heterocycles. The minimum atomic E-state index is -1.15. The van der Waals surface area contributed by atoms with Crippen LogP contribution in [0.3, 0.4) is 0 Å². The molecule has 2 heterocycles. The molecule has 156 valence electrons. The molecule has 0 spiro atoms. The summed E-state index contributed by atoms with van der Waals surface area (Å²) >= 11 is 12.1. The van der Waals surface area contributed by atoms with Gasteiger partial charge in [0.15, 0.2) is 5.82 Å². The molecule has 0 saturated carbocycles. The highest BCUT2D eigenvalue weighted by atomic mass is 35.5. The van der Waals surface area contributed by atoms with E-state index in [0.29, 0.717) is 38.6 Å². The predicted octanol–water partition coefficient (Wildman–Crippen LogP) is 4.79. The maximum Gasteiger partial charge on any atom is 0.151 e. The zero-order chi connectivity index (χ0) is 21.0. The van der Waals surface area contributed by atoms with Gasteiger partial charge in [0.1, 0.15) is 5.52 Å². The third-order valence-electron chi connectivity index (χ3n) is 4.82. The molecule has 2 unspecified atom stereocenters. The summed E-state index contributed by atoms with van der Waals surface area (Å²) in [7, 11) is 0.534. The lowest BCUT2D eigenvalue weighted by Gasteiger charge is -2.19. The summed E-state index contributed by atoms with van der Waals surface area (Å²) in [4.78, 5) is 9.25. The van der Waals surface area contributed by atoms with Gasteiger partial charge in [-0.3, -0.25) is 4.21 Å². The fourth-order valence-corrected chi connectivity index (χ4v) is 5.23. The Morgan fingerprint density at radius 3 is 2.79 bits per heavy atom. The quantitative estimate of drug-likeness (QED) is 0.469. The number of nitrogens with zero attached hydrogens (tertiary/aromatic N) is 3. The molecular weight excluding hydrogens is 431 g/mol. The smallest absolute Gasteiger partial charge is 0.151 e. The first-order valence-corrected chi connectivity index (χ1v) is 11.4. The molecule has 0 amide bonds. The molecule has 2 aromatic heterocycles. The monoisotopic (exact) mass is 454 g/mol. The summed E-state index contributed by atoms with van der Waals surface area (Å²) in [5, 5.41) is 0.983. The van der Waals surface area contributed by atoms with Gasteiger partial charge in [0.05, 0.1) is 45.2 Å². The highest BCUT2D eigenvalue weighted by Gasteiger charge is 2.18. The molecule has 0 aliphatic rings. The van der Waals surface area contributed by atoms with Crippen molar-refractivity contribution in [2.45, 2.75) is 37.1 Å². The number of fused-ring (bicyclic) bond motifs is 1. The second-order valence-electron chi connectivity index (χ2n) is 6.90. The number of aromatic nitrogens is 3. The van der Waals surface area contributed by atoms with Gasteiger partial charge in [-0.2, -0.15) is 0 Å². The topological polar surface area (TPSA) is 83.0 Å². The van der Waals surface area contributed by atoms with Gasteiger partial charge < -0.3 is 15.0 Å². The largest absolute Gasteiger partial charge is 0.383 e. The van der Waals surface area contributed by atoms with Crippen LogP contribution in [0.5, 0.6) is 0 Å². The first-order valence-electron chi connectivity index (χ1n) is 9.32. The fraction of sp³-hybridized carbons (Fsp3) is 0.400. The van der Waals surface area contributed by atoms with Crippen LogP contribution in [0.1, 0.15) is 30.9 Å². The Morgan fingerprint density at radius 1 is 1.28 bits per heavy atom. The van der Waals surface area contributed by atoms with Gasteiger partial charge >= 0.3 is 0 Å². The van der Waals surface area contributed by atoms with E-state index in [1.54, 1.807) is 37.8 Å². The van der Waals surface area contributed by atoms with E-state index in [1.807, 2.05) is 6.92 Å². The van der Waals surface area contributed by atoms with Gasteiger partial charge in [0, 0.05) is 24.1 Å². The van der Waals surface area contributed by atoms with Gasteiger partial charge in [0.25, 0.3) is 0 Å². The van der Waals surface area contributed by atoms with Crippen LogP contribution in [0.2, 0.25) is 10.0 Å². The van der Waals surface area contributed by atoms with E-state index in [1.165, 1.54) is 0 Å². The molecular formula is C20H24Cl2N4O2S. The average molecular weight is 455 g/mol. The zero-order valence-electron chi connectivity index (χ0n) is 16.4. The number of halogens is 2. The van der Waals surface area contributed by atoms with Gasteiger partial charge in [-0.05, 0) is 43.5 Å². The second kappa shape index (κ2) is 9.89. The van der Waals surface area contributed by atoms with Crippen LogP contribution >= 0.6 is 23.2 Å². The van der Waals surface area contributed by atoms with Gasteiger partial charge in [-0.1, -0.05) is 29.6 Å². The lowest BCUT2D eigenvalue weighted by atomic mass is 10.1. The van der Waals surface area contributed by atoms with Crippen LogP contribution < -0.4 is 5.73 Å². The number of hydrogen-bond donors (Lipinski definition) is 1. The molecule has 0 aliphatic heterocycles. The van der Waals surface area contributed by atoms with Crippen LogP contribution in [0.15, 0.2) is 35.6 Å².